The van der Waals surface area contributed by atoms with Crippen molar-refractivity contribution in [3.05, 3.63) is 93.3 Å². The van der Waals surface area contributed by atoms with Gasteiger partial charge in [0.2, 0.25) is 0 Å². The molecule has 5 nitrogen and oxygen atoms in total. The molecule has 2 aromatic carbocycles. The van der Waals surface area contributed by atoms with Gasteiger partial charge >= 0.3 is 0 Å². The third-order valence-corrected chi connectivity index (χ3v) is 7.07. The lowest BCUT2D eigenvalue weighted by molar-refractivity contribution is 0.0674. The van der Waals surface area contributed by atoms with Gasteiger partial charge in [-0.15, -0.1) is 0 Å². The molecule has 2 heterocycles. The van der Waals surface area contributed by atoms with Crippen LogP contribution in [0.4, 0.5) is 0 Å². The second-order valence-electron chi connectivity index (χ2n) is 9.25. The standard InChI is InChI=1S/C28H29ClN4O/c1-4-32-17-24(29)26(30-32)28(34)33-27(21-14-10-19(3)11-15-21)23-7-5-6-22(25(23)31-33)16-20-12-8-18(2)9-13-20/h8-17,23,27H,4-7H2,1-3H3/b22-16-. The van der Waals surface area contributed by atoms with E-state index in [4.69, 9.17) is 16.7 Å². The number of amides is 1. The highest BCUT2D eigenvalue weighted by Crippen LogP contribution is 2.45. The molecule has 1 fully saturated rings. The van der Waals surface area contributed by atoms with Gasteiger partial charge in [0.25, 0.3) is 5.91 Å². The van der Waals surface area contributed by atoms with Gasteiger partial charge in [0.1, 0.15) is 0 Å². The van der Waals surface area contributed by atoms with Crippen LogP contribution < -0.4 is 0 Å². The number of nitrogens with zero attached hydrogens (tertiary/aromatic N) is 4. The van der Waals surface area contributed by atoms with Crippen LogP contribution in [-0.2, 0) is 6.54 Å². The van der Waals surface area contributed by atoms with Crippen LogP contribution in [-0.4, -0.2) is 26.4 Å². The number of halogens is 1. The predicted octanol–water partition coefficient (Wildman–Crippen LogP) is 6.61. The maximum Gasteiger partial charge on any atom is 0.296 e. The van der Waals surface area contributed by atoms with Crippen LogP contribution in [0.2, 0.25) is 5.02 Å². The number of fused-ring (bicyclic) bond motifs is 1. The molecular weight excluding hydrogens is 444 g/mol. The summed E-state index contributed by atoms with van der Waals surface area (Å²) in [5, 5.41) is 11.4. The summed E-state index contributed by atoms with van der Waals surface area (Å²) in [5.41, 5.74) is 7.15. The molecule has 0 radical (unpaired) electrons. The van der Waals surface area contributed by atoms with E-state index in [1.165, 1.54) is 16.7 Å². The molecule has 1 aromatic heterocycles. The summed E-state index contributed by atoms with van der Waals surface area (Å²) in [4.78, 5) is 13.7. The maximum absolute atomic E-state index is 13.7. The number of hydrogen-bond acceptors (Lipinski definition) is 3. The van der Waals surface area contributed by atoms with E-state index in [9.17, 15) is 4.79 Å². The number of benzene rings is 2. The summed E-state index contributed by atoms with van der Waals surface area (Å²) in [5.74, 6) is -0.108. The van der Waals surface area contributed by atoms with Crippen molar-refractivity contribution in [3.63, 3.8) is 0 Å². The zero-order valence-corrected chi connectivity index (χ0v) is 20.6. The van der Waals surface area contributed by atoms with Crippen LogP contribution in [0.15, 0.2) is 65.4 Å². The fourth-order valence-corrected chi connectivity index (χ4v) is 5.17. The van der Waals surface area contributed by atoms with Gasteiger partial charge in [-0.3, -0.25) is 9.48 Å². The molecule has 0 N–H and O–H groups in total. The fourth-order valence-electron chi connectivity index (χ4n) is 4.94. The van der Waals surface area contributed by atoms with Gasteiger partial charge in [-0.25, -0.2) is 5.01 Å². The van der Waals surface area contributed by atoms with Crippen LogP contribution in [0.25, 0.3) is 6.08 Å². The van der Waals surface area contributed by atoms with Gasteiger partial charge in [-0.1, -0.05) is 71.3 Å². The van der Waals surface area contributed by atoms with E-state index in [1.807, 2.05) is 6.92 Å². The predicted molar refractivity (Wildman–Crippen MR) is 137 cm³/mol. The van der Waals surface area contributed by atoms with Crippen LogP contribution >= 0.6 is 11.6 Å². The van der Waals surface area contributed by atoms with Crippen LogP contribution in [0.3, 0.4) is 0 Å². The first-order chi connectivity index (χ1) is 16.4. The van der Waals surface area contributed by atoms with Gasteiger partial charge in [0, 0.05) is 18.7 Å². The number of allylic oxidation sites excluding steroid dienone is 1. The third-order valence-electron chi connectivity index (χ3n) is 6.79. The molecule has 2 unspecified atom stereocenters. The van der Waals surface area contributed by atoms with Crippen LogP contribution in [0.5, 0.6) is 0 Å². The smallest absolute Gasteiger partial charge is 0.271 e. The van der Waals surface area contributed by atoms with Crippen molar-refractivity contribution in [1.29, 1.82) is 0 Å². The number of carbonyl (C=O) groups excluding carboxylic acids is 1. The summed E-state index contributed by atoms with van der Waals surface area (Å²) < 4.78 is 1.69. The number of hydrazone groups is 1. The molecule has 34 heavy (non-hydrogen) atoms. The van der Waals surface area contributed by atoms with Crippen LogP contribution in [0.1, 0.15) is 65.0 Å². The number of aryl methyl sites for hydroxylation is 3. The Labute approximate surface area is 205 Å². The molecule has 2 atom stereocenters. The summed E-state index contributed by atoms with van der Waals surface area (Å²) in [6.45, 7) is 6.78. The summed E-state index contributed by atoms with van der Waals surface area (Å²) in [7, 11) is 0. The van der Waals surface area contributed by atoms with Gasteiger partial charge in [0.05, 0.1) is 16.8 Å². The topological polar surface area (TPSA) is 50.5 Å². The Morgan fingerprint density at radius 2 is 1.76 bits per heavy atom. The molecule has 3 aromatic rings. The molecule has 174 valence electrons. The first-order valence-electron chi connectivity index (χ1n) is 11.9. The van der Waals surface area contributed by atoms with E-state index in [2.05, 4.69) is 73.6 Å². The van der Waals surface area contributed by atoms with E-state index in [0.29, 0.717) is 11.6 Å². The highest BCUT2D eigenvalue weighted by atomic mass is 35.5. The van der Waals surface area contributed by atoms with Crippen molar-refractivity contribution < 1.29 is 4.79 Å². The van der Waals surface area contributed by atoms with E-state index in [-0.39, 0.29) is 23.6 Å². The minimum Gasteiger partial charge on any atom is -0.271 e. The Morgan fingerprint density at radius 1 is 1.09 bits per heavy atom. The lowest BCUT2D eigenvalue weighted by Gasteiger charge is -2.29. The molecule has 1 amide bonds. The molecule has 1 saturated carbocycles. The first-order valence-corrected chi connectivity index (χ1v) is 12.3. The SMILES string of the molecule is CCn1cc(Cl)c(C(=O)N2N=C3/C(=C\c4ccc(C)cc4)CCCC3C2c2ccc(C)cc2)n1. The Bertz CT molecular complexity index is 1270. The highest BCUT2D eigenvalue weighted by Gasteiger charge is 2.44. The monoisotopic (exact) mass is 472 g/mol. The largest absolute Gasteiger partial charge is 0.296 e. The number of carbonyl (C=O) groups is 1. The molecular formula is C28H29ClN4O. The third kappa shape index (κ3) is 4.21. The number of hydrogen-bond donors (Lipinski definition) is 0. The molecule has 6 heteroatoms. The van der Waals surface area contributed by atoms with Crippen molar-refractivity contribution in [1.82, 2.24) is 14.8 Å². The molecule has 1 aliphatic carbocycles. The normalized spacial score (nSPS) is 21.0. The maximum atomic E-state index is 13.7. The quantitative estimate of drug-likeness (QED) is 0.429. The van der Waals surface area contributed by atoms with Gasteiger partial charge in [-0.05, 0) is 62.8 Å². The average molecular weight is 473 g/mol. The second kappa shape index (κ2) is 9.22. The summed E-state index contributed by atoms with van der Waals surface area (Å²) >= 11 is 6.42. The number of aromatic nitrogens is 2. The number of rotatable bonds is 4. The van der Waals surface area contributed by atoms with Crippen molar-refractivity contribution in [2.24, 2.45) is 11.0 Å². The minimum absolute atomic E-state index is 0.143. The van der Waals surface area contributed by atoms with Crippen molar-refractivity contribution >= 4 is 29.3 Å². The first kappa shape index (κ1) is 22.6. The lowest BCUT2D eigenvalue weighted by atomic mass is 9.77. The van der Waals surface area contributed by atoms with Crippen molar-refractivity contribution in [2.45, 2.75) is 52.6 Å². The Hall–Kier alpha value is -3.18. The molecule has 5 rings (SSSR count). The van der Waals surface area contributed by atoms with E-state index >= 15 is 0 Å². The summed E-state index contributed by atoms with van der Waals surface area (Å²) in [6.07, 6.45) is 6.94. The molecule has 1 aliphatic heterocycles. The fraction of sp³-hybridized carbons (Fsp3) is 0.321. The Kier molecular flexibility index (Phi) is 6.13. The average Bonchev–Trinajstić information content (AvgIpc) is 3.42. The van der Waals surface area contributed by atoms with Crippen molar-refractivity contribution in [3.8, 4) is 0 Å². The lowest BCUT2D eigenvalue weighted by Crippen LogP contribution is -2.32. The zero-order valence-electron chi connectivity index (χ0n) is 19.8. The second-order valence-corrected chi connectivity index (χ2v) is 9.66. The van der Waals surface area contributed by atoms with Gasteiger partial charge in [-0.2, -0.15) is 10.2 Å². The van der Waals surface area contributed by atoms with Crippen LogP contribution in [0, 0.1) is 19.8 Å². The van der Waals surface area contributed by atoms with Gasteiger partial charge < -0.3 is 0 Å². The van der Waals surface area contributed by atoms with E-state index in [0.717, 1.165) is 36.1 Å². The zero-order chi connectivity index (χ0) is 23.8. The highest BCUT2D eigenvalue weighted by molar-refractivity contribution is 6.33. The van der Waals surface area contributed by atoms with E-state index < -0.39 is 0 Å². The Balaban J connectivity index is 1.58. The van der Waals surface area contributed by atoms with E-state index in [1.54, 1.807) is 15.9 Å². The molecule has 0 bridgehead atoms. The van der Waals surface area contributed by atoms with Crippen molar-refractivity contribution in [2.75, 3.05) is 0 Å². The summed E-state index contributed by atoms with van der Waals surface area (Å²) in [6, 6.07) is 16.8. The molecule has 0 saturated heterocycles. The Morgan fingerprint density at radius 3 is 2.41 bits per heavy atom. The van der Waals surface area contributed by atoms with Gasteiger partial charge in [0.15, 0.2) is 5.69 Å². The molecule has 2 aliphatic rings. The minimum atomic E-state index is -0.251. The molecule has 0 spiro atoms.